The third-order valence-electron chi connectivity index (χ3n) is 5.55. The summed E-state index contributed by atoms with van der Waals surface area (Å²) in [5.74, 6) is 0.0943. The minimum Gasteiger partial charge on any atom is -0.454 e. The van der Waals surface area contributed by atoms with Crippen molar-refractivity contribution in [3.63, 3.8) is 0 Å². The van der Waals surface area contributed by atoms with Gasteiger partial charge in [0.2, 0.25) is 22.7 Å². The Kier molecular flexibility index (Phi) is 8.11. The number of carbonyl (C=O) groups excluding carboxylic acids is 2. The van der Waals surface area contributed by atoms with Crippen LogP contribution in [0.3, 0.4) is 0 Å². The molecule has 0 fully saturated rings. The number of ether oxygens (including phenoxy) is 2. The molecule has 1 heterocycles. The third-order valence-corrected chi connectivity index (χ3v) is 7.50. The zero-order valence-corrected chi connectivity index (χ0v) is 21.9. The topological polar surface area (TPSA) is 114 Å². The van der Waals surface area contributed by atoms with E-state index < -0.39 is 33.8 Å². The Morgan fingerprint density at radius 3 is 2.41 bits per heavy atom. The Labute approximate surface area is 224 Å². The highest BCUT2D eigenvalue weighted by atomic mass is 35.5. The van der Waals surface area contributed by atoms with E-state index >= 15 is 0 Å². The zero-order valence-electron chi connectivity index (χ0n) is 19.6. The monoisotopic (exact) mass is 563 g/mol. The molecule has 0 radical (unpaired) electrons. The molecule has 0 bridgehead atoms. The standard InChI is InChI=1S/C25H23Cl2N3O6S/c1-30(18-8-10-22-23(13-18)36-15-35-22)24(31)21(12-16-5-3-2-4-6-16)28-25(32)29-37(33,34)14-17-7-9-19(26)20(27)11-17/h2-11,13,21H,12,14-15H2,1H3,(H2,28,29,32). The first-order valence-corrected chi connectivity index (χ1v) is 13.5. The first-order valence-electron chi connectivity index (χ1n) is 11.1. The van der Waals surface area contributed by atoms with E-state index in [-0.39, 0.29) is 23.3 Å². The summed E-state index contributed by atoms with van der Waals surface area (Å²) in [5.41, 5.74) is 1.63. The summed E-state index contributed by atoms with van der Waals surface area (Å²) in [6, 6.07) is 16.3. The smallest absolute Gasteiger partial charge is 0.329 e. The maximum atomic E-state index is 13.4. The van der Waals surface area contributed by atoms with Crippen LogP contribution in [-0.4, -0.2) is 40.2 Å². The van der Waals surface area contributed by atoms with Crippen LogP contribution in [0.25, 0.3) is 0 Å². The van der Waals surface area contributed by atoms with Gasteiger partial charge in [-0.2, -0.15) is 0 Å². The van der Waals surface area contributed by atoms with E-state index in [9.17, 15) is 18.0 Å². The van der Waals surface area contributed by atoms with E-state index in [0.717, 1.165) is 5.56 Å². The fraction of sp³-hybridized carbons (Fsp3) is 0.200. The van der Waals surface area contributed by atoms with Gasteiger partial charge in [-0.15, -0.1) is 0 Å². The summed E-state index contributed by atoms with van der Waals surface area (Å²) in [6.07, 6.45) is 0.134. The lowest BCUT2D eigenvalue weighted by Crippen LogP contribution is -2.52. The Morgan fingerprint density at radius 2 is 1.68 bits per heavy atom. The Bertz CT molecular complexity index is 1420. The van der Waals surface area contributed by atoms with E-state index in [0.29, 0.717) is 22.7 Å². The van der Waals surface area contributed by atoms with Gasteiger partial charge in [0, 0.05) is 25.2 Å². The molecule has 0 saturated heterocycles. The lowest BCUT2D eigenvalue weighted by atomic mass is 10.0. The van der Waals surface area contributed by atoms with Crippen LogP contribution in [0.1, 0.15) is 11.1 Å². The molecule has 4 rings (SSSR count). The molecule has 3 aromatic carbocycles. The number of anilines is 1. The number of sulfonamides is 1. The first kappa shape index (κ1) is 26.6. The average molecular weight is 564 g/mol. The Morgan fingerprint density at radius 1 is 0.946 bits per heavy atom. The molecular formula is C25H23Cl2N3O6S. The summed E-state index contributed by atoms with van der Waals surface area (Å²) < 4.78 is 37.9. The molecule has 194 valence electrons. The maximum Gasteiger partial charge on any atom is 0.329 e. The fourth-order valence-corrected chi connectivity index (χ4v) is 5.07. The predicted octanol–water partition coefficient (Wildman–Crippen LogP) is 4.13. The summed E-state index contributed by atoms with van der Waals surface area (Å²) >= 11 is 11.8. The number of nitrogens with zero attached hydrogens (tertiary/aromatic N) is 1. The van der Waals surface area contributed by atoms with Gasteiger partial charge in [0.05, 0.1) is 15.8 Å². The molecule has 9 nitrogen and oxygen atoms in total. The van der Waals surface area contributed by atoms with Crippen LogP contribution >= 0.6 is 23.2 Å². The second kappa shape index (κ2) is 11.3. The van der Waals surface area contributed by atoms with E-state index in [1.54, 1.807) is 37.4 Å². The molecule has 1 aliphatic heterocycles. The van der Waals surface area contributed by atoms with Crippen LogP contribution in [0, 0.1) is 0 Å². The first-order chi connectivity index (χ1) is 17.6. The molecule has 1 unspecified atom stereocenters. The molecule has 0 saturated carbocycles. The normalized spacial score (nSPS) is 13.1. The minimum atomic E-state index is -4.11. The van der Waals surface area contributed by atoms with Gasteiger partial charge in [-0.25, -0.2) is 17.9 Å². The molecule has 0 aliphatic carbocycles. The largest absolute Gasteiger partial charge is 0.454 e. The number of likely N-dealkylation sites (N-methyl/N-ethyl adjacent to an activating group) is 1. The third kappa shape index (κ3) is 6.85. The summed E-state index contributed by atoms with van der Waals surface area (Å²) in [4.78, 5) is 27.5. The Balaban J connectivity index is 1.49. The molecule has 1 aliphatic rings. The number of nitrogens with one attached hydrogen (secondary N) is 2. The Hall–Kier alpha value is -3.47. The molecule has 37 heavy (non-hydrogen) atoms. The molecule has 2 N–H and O–H groups in total. The van der Waals surface area contributed by atoms with Crippen molar-refractivity contribution in [3.05, 3.63) is 87.9 Å². The lowest BCUT2D eigenvalue weighted by molar-refractivity contribution is -0.120. The molecule has 0 spiro atoms. The van der Waals surface area contributed by atoms with Crippen molar-refractivity contribution in [1.82, 2.24) is 10.0 Å². The van der Waals surface area contributed by atoms with Crippen molar-refractivity contribution in [1.29, 1.82) is 0 Å². The number of halogens is 2. The van der Waals surface area contributed by atoms with Crippen molar-refractivity contribution >= 4 is 50.9 Å². The number of hydrogen-bond acceptors (Lipinski definition) is 6. The van der Waals surface area contributed by atoms with Crippen LogP contribution in [0.2, 0.25) is 10.0 Å². The van der Waals surface area contributed by atoms with Gasteiger partial charge in [-0.05, 0) is 35.4 Å². The molecule has 3 amide bonds. The number of urea groups is 1. The molecule has 0 aromatic heterocycles. The highest BCUT2D eigenvalue weighted by Gasteiger charge is 2.28. The average Bonchev–Trinajstić information content (AvgIpc) is 3.33. The highest BCUT2D eigenvalue weighted by molar-refractivity contribution is 7.89. The number of amides is 3. The minimum absolute atomic E-state index is 0.0888. The molecule has 1 atom stereocenters. The number of benzene rings is 3. The number of carbonyl (C=O) groups is 2. The van der Waals surface area contributed by atoms with E-state index in [4.69, 9.17) is 32.7 Å². The van der Waals surface area contributed by atoms with Crippen molar-refractivity contribution in [2.24, 2.45) is 0 Å². The summed E-state index contributed by atoms with van der Waals surface area (Å²) in [6.45, 7) is 0.0888. The second-order valence-electron chi connectivity index (χ2n) is 8.26. The second-order valence-corrected chi connectivity index (χ2v) is 10.8. The van der Waals surface area contributed by atoms with Gasteiger partial charge in [0.25, 0.3) is 0 Å². The zero-order chi connectivity index (χ0) is 26.6. The van der Waals surface area contributed by atoms with Crippen molar-refractivity contribution in [3.8, 4) is 11.5 Å². The van der Waals surface area contributed by atoms with Gasteiger partial charge in [0.15, 0.2) is 11.5 Å². The van der Waals surface area contributed by atoms with Gasteiger partial charge in [-0.1, -0.05) is 59.6 Å². The van der Waals surface area contributed by atoms with Crippen molar-refractivity contribution < 1.29 is 27.5 Å². The highest BCUT2D eigenvalue weighted by Crippen LogP contribution is 2.35. The van der Waals surface area contributed by atoms with Crippen LogP contribution in [-0.2, 0) is 27.0 Å². The van der Waals surface area contributed by atoms with Crippen LogP contribution in [0.4, 0.5) is 10.5 Å². The maximum absolute atomic E-state index is 13.4. The fourth-order valence-electron chi connectivity index (χ4n) is 3.72. The predicted molar refractivity (Wildman–Crippen MR) is 141 cm³/mol. The van der Waals surface area contributed by atoms with Crippen molar-refractivity contribution in [2.75, 3.05) is 18.7 Å². The van der Waals surface area contributed by atoms with Gasteiger partial charge < -0.3 is 19.7 Å². The summed E-state index contributed by atoms with van der Waals surface area (Å²) in [7, 11) is -2.55. The van der Waals surface area contributed by atoms with Gasteiger partial charge in [0.1, 0.15) is 6.04 Å². The van der Waals surface area contributed by atoms with E-state index in [1.807, 2.05) is 22.9 Å². The summed E-state index contributed by atoms with van der Waals surface area (Å²) in [5, 5.41) is 2.98. The number of fused-ring (bicyclic) bond motifs is 1. The van der Waals surface area contributed by atoms with E-state index in [1.165, 1.54) is 23.1 Å². The quantitative estimate of drug-likeness (QED) is 0.426. The number of hydrogen-bond donors (Lipinski definition) is 2. The van der Waals surface area contributed by atoms with E-state index in [2.05, 4.69) is 5.32 Å². The number of rotatable bonds is 8. The molecular weight excluding hydrogens is 541 g/mol. The lowest BCUT2D eigenvalue weighted by Gasteiger charge is -2.25. The molecule has 3 aromatic rings. The SMILES string of the molecule is CN(C(=O)C(Cc1ccccc1)NC(=O)NS(=O)(=O)Cc1ccc(Cl)c(Cl)c1)c1ccc2c(c1)OCO2. The molecule has 12 heteroatoms. The van der Waals surface area contributed by atoms with Crippen LogP contribution in [0.15, 0.2) is 66.7 Å². The van der Waals surface area contributed by atoms with Gasteiger partial charge >= 0.3 is 6.03 Å². The van der Waals surface area contributed by atoms with Gasteiger partial charge in [-0.3, -0.25) is 4.79 Å². The van der Waals surface area contributed by atoms with Crippen LogP contribution < -0.4 is 24.4 Å². The van der Waals surface area contributed by atoms with Crippen molar-refractivity contribution in [2.45, 2.75) is 18.2 Å². The van der Waals surface area contributed by atoms with Crippen LogP contribution in [0.5, 0.6) is 11.5 Å².